The molecule has 0 bridgehead atoms. The molecule has 0 saturated carbocycles. The lowest BCUT2D eigenvalue weighted by Crippen LogP contribution is -2.56. The van der Waals surface area contributed by atoms with Crippen molar-refractivity contribution in [2.75, 3.05) is 26.4 Å². The monoisotopic (exact) mass is 336 g/mol. The van der Waals surface area contributed by atoms with Gasteiger partial charge >= 0.3 is 8.56 Å². The van der Waals surface area contributed by atoms with Gasteiger partial charge in [-0.1, -0.05) is 51.1 Å². The normalized spacial score (nSPS) is 17.0. The summed E-state index contributed by atoms with van der Waals surface area (Å²) in [5.41, 5.74) is 0.345. The Hall–Kier alpha value is -0.683. The fourth-order valence-electron chi connectivity index (χ4n) is 3.07. The molecule has 0 amide bonds. The van der Waals surface area contributed by atoms with Crippen molar-refractivity contribution in [3.8, 4) is 0 Å². The summed E-state index contributed by atoms with van der Waals surface area (Å²) in [7, 11) is -2.38. The number of ether oxygens (including phenoxy) is 1. The van der Waals surface area contributed by atoms with Crippen LogP contribution in [0.3, 0.4) is 0 Å². The third kappa shape index (κ3) is 4.66. The van der Waals surface area contributed by atoms with E-state index in [4.69, 9.17) is 13.6 Å². The van der Waals surface area contributed by atoms with E-state index in [9.17, 15) is 0 Å². The van der Waals surface area contributed by atoms with Crippen molar-refractivity contribution in [2.24, 2.45) is 5.41 Å². The van der Waals surface area contributed by atoms with E-state index >= 15 is 0 Å². The van der Waals surface area contributed by atoms with Crippen LogP contribution in [0.25, 0.3) is 0 Å². The molecule has 1 fully saturated rings. The van der Waals surface area contributed by atoms with Crippen LogP contribution in [-0.2, 0) is 13.6 Å². The van der Waals surface area contributed by atoms with E-state index in [1.165, 1.54) is 11.6 Å². The molecule has 0 N–H and O–H groups in total. The zero-order valence-electron chi connectivity index (χ0n) is 15.0. The Morgan fingerprint density at radius 3 is 2.04 bits per heavy atom. The van der Waals surface area contributed by atoms with Crippen LogP contribution in [0.1, 0.15) is 46.5 Å². The van der Waals surface area contributed by atoms with E-state index in [-0.39, 0.29) is 0 Å². The summed E-state index contributed by atoms with van der Waals surface area (Å²) in [4.78, 5) is 0. The lowest BCUT2D eigenvalue weighted by atomic mass is 9.81. The second-order valence-electron chi connectivity index (χ2n) is 6.66. The van der Waals surface area contributed by atoms with Crippen molar-refractivity contribution < 1.29 is 13.6 Å². The molecule has 2 rings (SSSR count). The average Bonchev–Trinajstić information content (AvgIpc) is 2.57. The average molecular weight is 337 g/mol. The Morgan fingerprint density at radius 2 is 1.61 bits per heavy atom. The molecule has 0 aromatic heterocycles. The highest BCUT2D eigenvalue weighted by Gasteiger charge is 2.45. The number of hydrogen-bond donors (Lipinski definition) is 0. The Labute approximate surface area is 142 Å². The maximum absolute atomic E-state index is 6.45. The molecular formula is C19H32O3Si. The minimum absolute atomic E-state index is 0.345. The first-order valence-corrected chi connectivity index (χ1v) is 11.1. The fourth-order valence-corrected chi connectivity index (χ4v) is 6.69. The highest BCUT2D eigenvalue weighted by Crippen LogP contribution is 2.38. The van der Waals surface area contributed by atoms with Gasteiger partial charge in [0, 0.05) is 18.6 Å². The second kappa shape index (κ2) is 8.97. The second-order valence-corrected chi connectivity index (χ2v) is 9.82. The Bertz CT molecular complexity index is 432. The quantitative estimate of drug-likeness (QED) is 0.572. The van der Waals surface area contributed by atoms with Gasteiger partial charge in [0.1, 0.15) is 0 Å². The van der Waals surface area contributed by atoms with Crippen molar-refractivity contribution >= 4 is 13.7 Å². The van der Waals surface area contributed by atoms with Crippen LogP contribution in [0, 0.1) is 5.41 Å². The van der Waals surface area contributed by atoms with E-state index in [1.54, 1.807) is 0 Å². The van der Waals surface area contributed by atoms with Crippen LogP contribution >= 0.6 is 0 Å². The van der Waals surface area contributed by atoms with Gasteiger partial charge in [0.2, 0.25) is 0 Å². The third-order valence-corrected chi connectivity index (χ3v) is 8.31. The highest BCUT2D eigenvalue weighted by molar-refractivity contribution is 6.81. The van der Waals surface area contributed by atoms with Crippen LogP contribution in [0.2, 0.25) is 6.04 Å². The summed E-state index contributed by atoms with van der Waals surface area (Å²) in [6.45, 7) is 9.94. The minimum atomic E-state index is -2.38. The van der Waals surface area contributed by atoms with Crippen LogP contribution in [0.5, 0.6) is 0 Å². The van der Waals surface area contributed by atoms with Gasteiger partial charge in [-0.05, 0) is 36.9 Å². The lowest BCUT2D eigenvalue weighted by Gasteiger charge is -2.43. The molecule has 1 aliphatic rings. The Balaban J connectivity index is 2.19. The molecule has 1 aromatic carbocycles. The zero-order valence-corrected chi connectivity index (χ0v) is 16.0. The highest BCUT2D eigenvalue weighted by atomic mass is 28.4. The predicted molar refractivity (Wildman–Crippen MR) is 97.3 cm³/mol. The molecule has 4 heteroatoms. The van der Waals surface area contributed by atoms with Crippen molar-refractivity contribution in [1.29, 1.82) is 0 Å². The zero-order chi connectivity index (χ0) is 16.6. The van der Waals surface area contributed by atoms with Gasteiger partial charge in [-0.15, -0.1) is 0 Å². The van der Waals surface area contributed by atoms with Crippen molar-refractivity contribution in [2.45, 2.75) is 52.5 Å². The number of benzene rings is 1. The molecule has 0 aliphatic carbocycles. The number of rotatable bonds is 11. The van der Waals surface area contributed by atoms with Gasteiger partial charge in [0.25, 0.3) is 0 Å². The lowest BCUT2D eigenvalue weighted by molar-refractivity contribution is -0.117. The largest absolute Gasteiger partial charge is 0.391 e. The van der Waals surface area contributed by atoms with Crippen molar-refractivity contribution in [3.05, 3.63) is 30.3 Å². The summed E-state index contributed by atoms with van der Waals surface area (Å²) in [5.74, 6) is 0. The number of hydrogen-bond acceptors (Lipinski definition) is 3. The van der Waals surface area contributed by atoms with Gasteiger partial charge < -0.3 is 13.6 Å². The molecule has 130 valence electrons. The molecular weight excluding hydrogens is 304 g/mol. The summed E-state index contributed by atoms with van der Waals surface area (Å²) in [5, 5.41) is 1.27. The fraction of sp³-hybridized carbons (Fsp3) is 0.684. The molecule has 1 aromatic rings. The first-order valence-electron chi connectivity index (χ1n) is 9.11. The first-order chi connectivity index (χ1) is 11.2. The molecule has 3 nitrogen and oxygen atoms in total. The summed E-state index contributed by atoms with van der Waals surface area (Å²) < 4.78 is 18.4. The van der Waals surface area contributed by atoms with Crippen molar-refractivity contribution in [1.82, 2.24) is 0 Å². The molecule has 0 spiro atoms. The van der Waals surface area contributed by atoms with Crippen LogP contribution in [-0.4, -0.2) is 35.0 Å². The summed E-state index contributed by atoms with van der Waals surface area (Å²) in [6.07, 6.45) is 4.37. The van der Waals surface area contributed by atoms with Crippen LogP contribution in [0.4, 0.5) is 0 Å². The van der Waals surface area contributed by atoms with Gasteiger partial charge in [-0.3, -0.25) is 0 Å². The molecule has 1 saturated heterocycles. The van der Waals surface area contributed by atoms with E-state index in [2.05, 4.69) is 51.1 Å². The van der Waals surface area contributed by atoms with E-state index < -0.39 is 8.56 Å². The summed E-state index contributed by atoms with van der Waals surface area (Å²) in [6, 6.07) is 11.7. The standard InChI is InChI=1S/C19H32O3Si/c1-4-13-21-23(22-14-5-2,18-10-8-7-9-11-18)15-12-19(6-3)16-20-17-19/h7-11H,4-6,12-17H2,1-3H3. The molecule has 1 heterocycles. The predicted octanol–water partition coefficient (Wildman–Crippen LogP) is 4.01. The van der Waals surface area contributed by atoms with Crippen LogP contribution < -0.4 is 5.19 Å². The smallest absolute Gasteiger partial charge is 0.372 e. The Morgan fingerprint density at radius 1 is 1.00 bits per heavy atom. The van der Waals surface area contributed by atoms with Crippen molar-refractivity contribution in [3.63, 3.8) is 0 Å². The first kappa shape index (κ1) is 18.7. The molecule has 1 aliphatic heterocycles. The maximum atomic E-state index is 6.45. The maximum Gasteiger partial charge on any atom is 0.372 e. The SMILES string of the molecule is CCCO[Si](CCC1(CC)COC1)(OCCC)c1ccccc1. The molecule has 23 heavy (non-hydrogen) atoms. The minimum Gasteiger partial charge on any atom is -0.391 e. The molecule has 0 radical (unpaired) electrons. The third-order valence-electron chi connectivity index (χ3n) is 4.84. The summed E-state index contributed by atoms with van der Waals surface area (Å²) >= 11 is 0. The van der Waals surface area contributed by atoms with Gasteiger partial charge in [-0.25, -0.2) is 0 Å². The van der Waals surface area contributed by atoms with E-state index in [0.29, 0.717) is 5.41 Å². The van der Waals surface area contributed by atoms with Gasteiger partial charge in [0.05, 0.1) is 13.2 Å². The van der Waals surface area contributed by atoms with E-state index in [0.717, 1.165) is 51.7 Å². The van der Waals surface area contributed by atoms with E-state index in [1.807, 2.05) is 0 Å². The van der Waals surface area contributed by atoms with Gasteiger partial charge in [0.15, 0.2) is 0 Å². The molecule has 0 atom stereocenters. The molecule has 0 unspecified atom stereocenters. The topological polar surface area (TPSA) is 27.7 Å². The Kier molecular flexibility index (Phi) is 7.28. The van der Waals surface area contributed by atoms with Gasteiger partial charge in [-0.2, -0.15) is 0 Å². The van der Waals surface area contributed by atoms with Crippen LogP contribution in [0.15, 0.2) is 30.3 Å².